The summed E-state index contributed by atoms with van der Waals surface area (Å²) >= 11 is 0. The highest BCUT2D eigenvalue weighted by molar-refractivity contribution is 5.56. The molecule has 0 spiro atoms. The van der Waals surface area contributed by atoms with Crippen LogP contribution in [0.5, 0.6) is 5.75 Å². The second kappa shape index (κ2) is 2.05. The van der Waals surface area contributed by atoms with Crippen LogP contribution in [0.25, 0.3) is 0 Å². The van der Waals surface area contributed by atoms with Gasteiger partial charge in [0.05, 0.1) is 7.11 Å². The molecule has 0 amide bonds. The molecule has 4 unspecified atom stereocenters. The van der Waals surface area contributed by atoms with E-state index in [2.05, 4.69) is 30.4 Å². The number of benzene rings is 1. The normalized spacial score (nSPS) is 39.5. The number of ether oxygens (including phenoxy) is 1. The largest absolute Gasteiger partial charge is 0.497 e. The Kier molecular flexibility index (Phi) is 1.04. The second-order valence-electron chi connectivity index (χ2n) is 4.59. The average Bonchev–Trinajstić information content (AvgIpc) is 2.68. The zero-order valence-corrected chi connectivity index (χ0v) is 8.10. The van der Waals surface area contributed by atoms with Gasteiger partial charge in [0.1, 0.15) is 5.75 Å². The van der Waals surface area contributed by atoms with Gasteiger partial charge in [0.15, 0.2) is 0 Å². The van der Waals surface area contributed by atoms with E-state index in [1.54, 1.807) is 12.7 Å². The minimum Gasteiger partial charge on any atom is -0.497 e. The summed E-state index contributed by atoms with van der Waals surface area (Å²) in [5.74, 6) is 4.35. The Hall–Kier alpha value is -1.24. The van der Waals surface area contributed by atoms with E-state index in [4.69, 9.17) is 4.74 Å². The van der Waals surface area contributed by atoms with Gasteiger partial charge in [0, 0.05) is 5.92 Å². The molecule has 1 fully saturated rings. The van der Waals surface area contributed by atoms with E-state index >= 15 is 0 Å². The van der Waals surface area contributed by atoms with Crippen molar-refractivity contribution in [1.82, 2.24) is 0 Å². The first-order chi connectivity index (χ1) is 6.90. The SMILES string of the molecule is COc1ccc2c(c1)C1C=CC3C2C13. The van der Waals surface area contributed by atoms with Gasteiger partial charge in [0.2, 0.25) is 0 Å². The summed E-state index contributed by atoms with van der Waals surface area (Å²) in [6.45, 7) is 0. The second-order valence-corrected chi connectivity index (χ2v) is 4.59. The molecule has 0 heterocycles. The molecule has 14 heavy (non-hydrogen) atoms. The van der Waals surface area contributed by atoms with Crippen LogP contribution in [0.15, 0.2) is 30.4 Å². The summed E-state index contributed by atoms with van der Waals surface area (Å²) in [6, 6.07) is 6.58. The Labute approximate surface area is 83.4 Å². The summed E-state index contributed by atoms with van der Waals surface area (Å²) < 4.78 is 5.27. The van der Waals surface area contributed by atoms with Crippen molar-refractivity contribution in [2.24, 2.45) is 11.8 Å². The lowest BCUT2D eigenvalue weighted by molar-refractivity contribution is 0.414. The fraction of sp³-hybridized carbons (Fsp3) is 0.385. The van der Waals surface area contributed by atoms with Crippen molar-refractivity contribution >= 4 is 0 Å². The van der Waals surface area contributed by atoms with Crippen LogP contribution in [0.3, 0.4) is 0 Å². The Morgan fingerprint density at radius 3 is 2.93 bits per heavy atom. The highest BCUT2D eigenvalue weighted by Gasteiger charge is 2.61. The van der Waals surface area contributed by atoms with Gasteiger partial charge >= 0.3 is 0 Å². The van der Waals surface area contributed by atoms with Crippen molar-refractivity contribution in [1.29, 1.82) is 0 Å². The van der Waals surface area contributed by atoms with Crippen LogP contribution in [-0.2, 0) is 0 Å². The predicted octanol–water partition coefficient (Wildman–Crippen LogP) is 2.69. The summed E-state index contributed by atoms with van der Waals surface area (Å²) in [5, 5.41) is 0. The molecule has 0 radical (unpaired) electrons. The minimum atomic E-state index is 0.704. The van der Waals surface area contributed by atoms with Crippen LogP contribution >= 0.6 is 0 Å². The van der Waals surface area contributed by atoms with Crippen LogP contribution in [0, 0.1) is 11.8 Å². The van der Waals surface area contributed by atoms with Crippen LogP contribution < -0.4 is 4.74 Å². The molecule has 1 aromatic carbocycles. The third-order valence-electron chi connectivity index (χ3n) is 4.10. The molecule has 0 saturated heterocycles. The average molecular weight is 184 g/mol. The van der Waals surface area contributed by atoms with Gasteiger partial charge in [-0.1, -0.05) is 18.2 Å². The molecule has 4 atom stereocenters. The summed E-state index contributed by atoms with van der Waals surface area (Å²) in [5.41, 5.74) is 3.10. The van der Waals surface area contributed by atoms with Crippen molar-refractivity contribution in [2.45, 2.75) is 11.8 Å². The molecule has 1 heteroatoms. The van der Waals surface area contributed by atoms with Crippen molar-refractivity contribution in [3.63, 3.8) is 0 Å². The highest BCUT2D eigenvalue weighted by atomic mass is 16.5. The zero-order valence-electron chi connectivity index (χ0n) is 8.10. The van der Waals surface area contributed by atoms with Gasteiger partial charge < -0.3 is 4.74 Å². The molecule has 1 nitrogen and oxygen atoms in total. The number of fused-ring (bicyclic) bond motifs is 4. The molecule has 0 bridgehead atoms. The van der Waals surface area contributed by atoms with Crippen molar-refractivity contribution in [3.8, 4) is 5.75 Å². The fourth-order valence-corrected chi connectivity index (χ4v) is 3.44. The van der Waals surface area contributed by atoms with E-state index < -0.39 is 0 Å². The van der Waals surface area contributed by atoms with Crippen LogP contribution in [-0.4, -0.2) is 7.11 Å². The maximum atomic E-state index is 5.27. The van der Waals surface area contributed by atoms with E-state index in [-0.39, 0.29) is 0 Å². The van der Waals surface area contributed by atoms with E-state index in [9.17, 15) is 0 Å². The predicted molar refractivity (Wildman–Crippen MR) is 54.6 cm³/mol. The molecule has 0 aliphatic heterocycles. The topological polar surface area (TPSA) is 9.23 Å². The van der Waals surface area contributed by atoms with Crippen molar-refractivity contribution in [3.05, 3.63) is 41.5 Å². The maximum Gasteiger partial charge on any atom is 0.119 e. The third-order valence-corrected chi connectivity index (χ3v) is 4.10. The molecule has 0 aromatic heterocycles. The molecule has 3 aliphatic rings. The molecule has 4 rings (SSSR count). The van der Waals surface area contributed by atoms with Gasteiger partial charge in [-0.05, 0) is 41.0 Å². The van der Waals surface area contributed by atoms with Gasteiger partial charge in [-0.25, -0.2) is 0 Å². The third kappa shape index (κ3) is 0.617. The molecular weight excluding hydrogens is 172 g/mol. The lowest BCUT2D eigenvalue weighted by Crippen LogP contribution is -1.94. The first kappa shape index (κ1) is 7.10. The minimum absolute atomic E-state index is 0.704. The number of methoxy groups -OCH3 is 1. The number of hydrogen-bond donors (Lipinski definition) is 0. The summed E-state index contributed by atoms with van der Waals surface area (Å²) in [4.78, 5) is 0. The summed E-state index contributed by atoms with van der Waals surface area (Å²) in [7, 11) is 1.74. The molecule has 70 valence electrons. The quantitative estimate of drug-likeness (QED) is 0.610. The first-order valence-electron chi connectivity index (χ1n) is 5.26. The lowest BCUT2D eigenvalue weighted by Gasteiger charge is -2.09. The van der Waals surface area contributed by atoms with Gasteiger partial charge in [-0.15, -0.1) is 0 Å². The van der Waals surface area contributed by atoms with Crippen LogP contribution in [0.1, 0.15) is 23.0 Å². The molecular formula is C13H12O. The van der Waals surface area contributed by atoms with E-state index in [1.807, 2.05) is 0 Å². The number of hydrogen-bond acceptors (Lipinski definition) is 1. The molecule has 3 aliphatic carbocycles. The number of allylic oxidation sites excluding steroid dienone is 2. The monoisotopic (exact) mass is 184 g/mol. The van der Waals surface area contributed by atoms with Crippen molar-refractivity contribution < 1.29 is 4.74 Å². The van der Waals surface area contributed by atoms with E-state index in [0.717, 1.165) is 23.5 Å². The molecule has 1 aromatic rings. The standard InChI is InChI=1S/C13H12O/c1-14-7-2-3-8-11(6-7)9-4-5-10-12(8)13(9)10/h2-6,9-10,12-13H,1H3. The Morgan fingerprint density at radius 2 is 2.07 bits per heavy atom. The van der Waals surface area contributed by atoms with Gasteiger partial charge in [0.25, 0.3) is 0 Å². The molecule has 1 saturated carbocycles. The van der Waals surface area contributed by atoms with Crippen LogP contribution in [0.2, 0.25) is 0 Å². The highest BCUT2D eigenvalue weighted by Crippen LogP contribution is 2.71. The zero-order chi connectivity index (χ0) is 9.28. The maximum absolute atomic E-state index is 5.27. The van der Waals surface area contributed by atoms with E-state index in [1.165, 1.54) is 5.56 Å². The molecule has 0 N–H and O–H groups in total. The summed E-state index contributed by atoms with van der Waals surface area (Å²) in [6.07, 6.45) is 4.80. The van der Waals surface area contributed by atoms with Crippen molar-refractivity contribution in [2.75, 3.05) is 7.11 Å². The lowest BCUT2D eigenvalue weighted by atomic mass is 9.98. The Bertz CT molecular complexity index is 447. The van der Waals surface area contributed by atoms with Gasteiger partial charge in [-0.2, -0.15) is 0 Å². The Balaban J connectivity index is 1.92. The van der Waals surface area contributed by atoms with E-state index in [0.29, 0.717) is 5.92 Å². The Morgan fingerprint density at radius 1 is 1.14 bits per heavy atom. The van der Waals surface area contributed by atoms with Crippen LogP contribution in [0.4, 0.5) is 0 Å². The smallest absolute Gasteiger partial charge is 0.119 e. The first-order valence-corrected chi connectivity index (χ1v) is 5.26. The number of rotatable bonds is 1. The van der Waals surface area contributed by atoms with Gasteiger partial charge in [-0.3, -0.25) is 0 Å². The fourth-order valence-electron chi connectivity index (χ4n) is 3.44.